The van der Waals surface area contributed by atoms with E-state index in [4.69, 9.17) is 0 Å². The summed E-state index contributed by atoms with van der Waals surface area (Å²) in [7, 11) is 2.10. The van der Waals surface area contributed by atoms with Crippen LogP contribution in [0.2, 0.25) is 0 Å². The minimum absolute atomic E-state index is 0.150. The Labute approximate surface area is 153 Å². The molecule has 1 aromatic carbocycles. The van der Waals surface area contributed by atoms with Gasteiger partial charge in [-0.2, -0.15) is 0 Å². The van der Waals surface area contributed by atoms with Gasteiger partial charge in [0.1, 0.15) is 5.75 Å². The van der Waals surface area contributed by atoms with Crippen LogP contribution < -0.4 is 5.56 Å². The lowest BCUT2D eigenvalue weighted by Gasteiger charge is -2.37. The average molecular weight is 355 g/mol. The van der Waals surface area contributed by atoms with E-state index >= 15 is 0 Å². The van der Waals surface area contributed by atoms with Crippen LogP contribution in [0.4, 0.5) is 0 Å². The maximum atomic E-state index is 12.7. The number of likely N-dealkylation sites (tertiary alicyclic amines) is 1. The smallest absolute Gasteiger partial charge is 0.259 e. The third-order valence-electron chi connectivity index (χ3n) is 5.04. The number of hydrogen-bond donors (Lipinski definition) is 2. The fourth-order valence-corrected chi connectivity index (χ4v) is 3.43. The Morgan fingerprint density at radius 3 is 2.85 bits per heavy atom. The van der Waals surface area contributed by atoms with Crippen molar-refractivity contribution in [1.82, 2.24) is 14.8 Å². The Balaban J connectivity index is 1.61. The van der Waals surface area contributed by atoms with Crippen molar-refractivity contribution in [1.29, 1.82) is 0 Å². The molecule has 6 heteroatoms. The summed E-state index contributed by atoms with van der Waals surface area (Å²) >= 11 is 0. The summed E-state index contributed by atoms with van der Waals surface area (Å²) in [5, 5.41) is 9.90. The number of pyridine rings is 1. The zero-order chi connectivity index (χ0) is 18.5. The third kappa shape index (κ3) is 4.32. The molecule has 1 saturated heterocycles. The molecule has 0 bridgehead atoms. The van der Waals surface area contributed by atoms with E-state index in [2.05, 4.69) is 29.1 Å². The van der Waals surface area contributed by atoms with Crippen molar-refractivity contribution < 1.29 is 9.90 Å². The molecule has 6 nitrogen and oxygen atoms in total. The Bertz CT molecular complexity index is 803. The number of rotatable bonds is 5. The maximum absolute atomic E-state index is 12.7. The van der Waals surface area contributed by atoms with Crippen LogP contribution >= 0.6 is 0 Å². The van der Waals surface area contributed by atoms with Gasteiger partial charge < -0.3 is 19.9 Å². The largest absolute Gasteiger partial charge is 0.507 e. The van der Waals surface area contributed by atoms with E-state index in [1.54, 1.807) is 4.90 Å². The highest BCUT2D eigenvalue weighted by Crippen LogP contribution is 2.20. The first kappa shape index (κ1) is 18.2. The number of benzene rings is 1. The minimum atomic E-state index is -0.420. The first-order valence-electron chi connectivity index (χ1n) is 8.99. The van der Waals surface area contributed by atoms with E-state index in [1.807, 2.05) is 18.2 Å². The molecule has 0 spiro atoms. The second-order valence-electron chi connectivity index (χ2n) is 6.86. The molecule has 1 aromatic heterocycles. The molecule has 0 radical (unpaired) electrons. The molecule has 1 aliphatic rings. The Morgan fingerprint density at radius 2 is 2.12 bits per heavy atom. The number of piperidine rings is 1. The van der Waals surface area contributed by atoms with E-state index in [0.717, 1.165) is 31.9 Å². The lowest BCUT2D eigenvalue weighted by Crippen LogP contribution is -2.49. The maximum Gasteiger partial charge on any atom is 0.259 e. The highest BCUT2D eigenvalue weighted by Gasteiger charge is 2.28. The minimum Gasteiger partial charge on any atom is -0.507 e. The van der Waals surface area contributed by atoms with E-state index in [9.17, 15) is 14.7 Å². The van der Waals surface area contributed by atoms with Crippen molar-refractivity contribution in [2.45, 2.75) is 25.3 Å². The highest BCUT2D eigenvalue weighted by atomic mass is 16.3. The van der Waals surface area contributed by atoms with Gasteiger partial charge in [0, 0.05) is 37.9 Å². The van der Waals surface area contributed by atoms with Crippen LogP contribution in [0, 0.1) is 0 Å². The Kier molecular flexibility index (Phi) is 5.73. The number of H-pyrrole nitrogens is 1. The van der Waals surface area contributed by atoms with Gasteiger partial charge in [0.15, 0.2) is 0 Å². The summed E-state index contributed by atoms with van der Waals surface area (Å²) < 4.78 is 0. The number of carbonyl (C=O) groups is 1. The van der Waals surface area contributed by atoms with Gasteiger partial charge in [-0.05, 0) is 31.9 Å². The molecule has 26 heavy (non-hydrogen) atoms. The number of nitrogens with one attached hydrogen (secondary N) is 1. The lowest BCUT2D eigenvalue weighted by molar-refractivity contribution is 0.0608. The van der Waals surface area contributed by atoms with Crippen LogP contribution in [0.25, 0.3) is 0 Å². The molecule has 138 valence electrons. The molecule has 2 heterocycles. The number of aromatic nitrogens is 1. The zero-order valence-electron chi connectivity index (χ0n) is 15.0. The lowest BCUT2D eigenvalue weighted by atomic mass is 10.0. The van der Waals surface area contributed by atoms with Crippen LogP contribution in [0.1, 0.15) is 28.8 Å². The normalized spacial score (nSPS) is 17.5. The van der Waals surface area contributed by atoms with Crippen molar-refractivity contribution in [3.05, 3.63) is 64.1 Å². The first-order valence-corrected chi connectivity index (χ1v) is 8.99. The fraction of sp³-hybridized carbons (Fsp3) is 0.400. The number of aromatic amines is 1. The molecular weight excluding hydrogens is 330 g/mol. The van der Waals surface area contributed by atoms with Gasteiger partial charge in [0.2, 0.25) is 0 Å². The number of likely N-dealkylation sites (N-methyl/N-ethyl adjacent to an activating group) is 1. The molecule has 2 N–H and O–H groups in total. The van der Waals surface area contributed by atoms with Gasteiger partial charge in [-0.15, -0.1) is 0 Å². The van der Waals surface area contributed by atoms with E-state index in [1.165, 1.54) is 11.8 Å². The number of carbonyl (C=O) groups excluding carboxylic acids is 1. The molecule has 3 rings (SSSR count). The molecule has 0 saturated carbocycles. The van der Waals surface area contributed by atoms with Crippen molar-refractivity contribution in [3.63, 3.8) is 0 Å². The van der Waals surface area contributed by atoms with Crippen LogP contribution in [0.15, 0.2) is 47.4 Å². The van der Waals surface area contributed by atoms with Gasteiger partial charge in [0.25, 0.3) is 11.5 Å². The van der Waals surface area contributed by atoms with Gasteiger partial charge in [0.05, 0.1) is 5.56 Å². The number of aromatic hydroxyl groups is 1. The topological polar surface area (TPSA) is 76.6 Å². The Hall–Kier alpha value is -2.60. The van der Waals surface area contributed by atoms with Crippen molar-refractivity contribution in [3.8, 4) is 5.75 Å². The predicted octanol–water partition coefficient (Wildman–Crippen LogP) is 1.86. The quantitative estimate of drug-likeness (QED) is 0.858. The molecule has 1 amide bonds. The highest BCUT2D eigenvalue weighted by molar-refractivity contribution is 5.96. The van der Waals surface area contributed by atoms with Gasteiger partial charge in [-0.1, -0.05) is 30.3 Å². The van der Waals surface area contributed by atoms with Crippen LogP contribution in [-0.4, -0.2) is 58.5 Å². The van der Waals surface area contributed by atoms with Crippen molar-refractivity contribution in [2.75, 3.05) is 26.7 Å². The number of hydrogen-bond acceptors (Lipinski definition) is 4. The predicted molar refractivity (Wildman–Crippen MR) is 100 cm³/mol. The standard InChI is InChI=1S/C20H25N3O3/c1-22(11-9-15-6-3-2-4-7-15)16-8-5-10-23(14-16)20(26)17-13-21-19(25)12-18(17)24/h2-4,6-7,12-13,16H,5,8-11,14H2,1H3,(H2,21,24,25)/t16-/m0/s1. The van der Waals surface area contributed by atoms with Gasteiger partial charge >= 0.3 is 0 Å². The molecule has 0 aliphatic carbocycles. The van der Waals surface area contributed by atoms with E-state index < -0.39 is 5.56 Å². The second kappa shape index (κ2) is 8.19. The monoisotopic (exact) mass is 355 g/mol. The number of amides is 1. The molecule has 1 aliphatic heterocycles. The molecule has 0 unspecified atom stereocenters. The van der Waals surface area contributed by atoms with Crippen molar-refractivity contribution >= 4 is 5.91 Å². The average Bonchev–Trinajstić information content (AvgIpc) is 2.66. The van der Waals surface area contributed by atoms with Gasteiger partial charge in [-0.3, -0.25) is 9.59 Å². The first-order chi connectivity index (χ1) is 12.5. The number of nitrogens with zero attached hydrogens (tertiary/aromatic N) is 2. The molecular formula is C20H25N3O3. The summed E-state index contributed by atoms with van der Waals surface area (Å²) in [5.74, 6) is -0.502. The summed E-state index contributed by atoms with van der Waals surface area (Å²) in [6.07, 6.45) is 4.24. The van der Waals surface area contributed by atoms with Crippen LogP contribution in [0.5, 0.6) is 5.75 Å². The fourth-order valence-electron chi connectivity index (χ4n) is 3.43. The van der Waals surface area contributed by atoms with E-state index in [-0.39, 0.29) is 17.2 Å². The SMILES string of the molecule is CN(CCc1ccccc1)[C@H]1CCCN(C(=O)c2c[nH]c(=O)cc2O)C1. The van der Waals surface area contributed by atoms with E-state index in [0.29, 0.717) is 19.1 Å². The van der Waals surface area contributed by atoms with Crippen LogP contribution in [-0.2, 0) is 6.42 Å². The van der Waals surface area contributed by atoms with Gasteiger partial charge in [-0.25, -0.2) is 0 Å². The molecule has 1 fully saturated rings. The third-order valence-corrected chi connectivity index (χ3v) is 5.04. The molecule has 1 atom stereocenters. The summed E-state index contributed by atoms with van der Waals surface area (Å²) in [5.41, 5.74) is 1.04. The summed E-state index contributed by atoms with van der Waals surface area (Å²) in [4.78, 5) is 30.5. The summed E-state index contributed by atoms with van der Waals surface area (Å²) in [6.45, 7) is 2.23. The zero-order valence-corrected chi connectivity index (χ0v) is 15.0. The van der Waals surface area contributed by atoms with Crippen LogP contribution in [0.3, 0.4) is 0 Å². The van der Waals surface area contributed by atoms with Crippen molar-refractivity contribution in [2.24, 2.45) is 0 Å². The summed E-state index contributed by atoms with van der Waals surface area (Å²) in [6, 6.07) is 11.7. The second-order valence-corrected chi connectivity index (χ2v) is 6.86. The molecule has 2 aromatic rings. The Morgan fingerprint density at radius 1 is 1.35 bits per heavy atom.